The van der Waals surface area contributed by atoms with Gasteiger partial charge in [-0.1, -0.05) is 17.3 Å². The highest BCUT2D eigenvalue weighted by Gasteiger charge is 2.07. The molecule has 2 N–H and O–H groups in total. The molecule has 27 heavy (non-hydrogen) atoms. The van der Waals surface area contributed by atoms with Crippen LogP contribution in [0.25, 0.3) is 0 Å². The number of benzene rings is 1. The van der Waals surface area contributed by atoms with Gasteiger partial charge in [0.2, 0.25) is 5.89 Å². The minimum Gasteiger partial charge on any atom is -0.493 e. The van der Waals surface area contributed by atoms with Crippen LogP contribution in [0.4, 0.5) is 0 Å². The van der Waals surface area contributed by atoms with E-state index in [-0.39, 0.29) is 24.0 Å². The number of methoxy groups -OCH3 is 1. The van der Waals surface area contributed by atoms with Crippen molar-refractivity contribution in [3.63, 3.8) is 0 Å². The normalized spacial score (nSPS) is 11.0. The molecule has 1 heterocycles. The molecule has 8 nitrogen and oxygen atoms in total. The Morgan fingerprint density at radius 2 is 1.96 bits per heavy atom. The van der Waals surface area contributed by atoms with Crippen molar-refractivity contribution < 1.29 is 14.0 Å². The number of rotatable bonds is 9. The summed E-state index contributed by atoms with van der Waals surface area (Å²) in [6, 6.07) is 6.17. The summed E-state index contributed by atoms with van der Waals surface area (Å²) in [5.41, 5.74) is 2.22. The van der Waals surface area contributed by atoms with Gasteiger partial charge in [0.1, 0.15) is 5.75 Å². The fourth-order valence-corrected chi connectivity index (χ4v) is 2.30. The Hall–Kier alpha value is -1.88. The number of aromatic nitrogens is 2. The van der Waals surface area contributed by atoms with E-state index in [1.807, 2.05) is 13.0 Å². The number of hydrogen-bond acceptors (Lipinski definition) is 6. The van der Waals surface area contributed by atoms with Gasteiger partial charge in [-0.25, -0.2) is 0 Å². The maximum atomic E-state index is 5.90. The molecular weight excluding hydrogens is 461 g/mol. The van der Waals surface area contributed by atoms with Crippen molar-refractivity contribution in [1.82, 2.24) is 20.8 Å². The van der Waals surface area contributed by atoms with E-state index in [0.29, 0.717) is 44.0 Å². The minimum atomic E-state index is 0. The van der Waals surface area contributed by atoms with E-state index in [9.17, 15) is 0 Å². The van der Waals surface area contributed by atoms with Crippen molar-refractivity contribution >= 4 is 29.9 Å². The second-order valence-electron chi connectivity index (χ2n) is 5.82. The average molecular weight is 489 g/mol. The van der Waals surface area contributed by atoms with Crippen LogP contribution in [0, 0.1) is 13.8 Å². The van der Waals surface area contributed by atoms with E-state index in [2.05, 4.69) is 37.9 Å². The molecular formula is C18H28IN5O3. The summed E-state index contributed by atoms with van der Waals surface area (Å²) in [7, 11) is 3.40. The third-order valence-electron chi connectivity index (χ3n) is 3.62. The first-order valence-corrected chi connectivity index (χ1v) is 8.57. The van der Waals surface area contributed by atoms with Crippen molar-refractivity contribution in [2.75, 3.05) is 27.4 Å². The molecule has 0 atom stereocenters. The largest absolute Gasteiger partial charge is 0.493 e. The fraction of sp³-hybridized carbons (Fsp3) is 0.500. The molecule has 1 aromatic carbocycles. The van der Waals surface area contributed by atoms with Crippen LogP contribution in [-0.2, 0) is 17.8 Å². The van der Waals surface area contributed by atoms with Crippen LogP contribution < -0.4 is 15.4 Å². The molecule has 150 valence electrons. The standard InChI is InChI=1S/C18H27N5O3.HI/c1-13-6-7-15(16(10-13)25-9-5-8-24-4)11-20-18(19-3)21-12-17-22-14(2)23-26-17;/h6-7,10H,5,8-9,11-12H2,1-4H3,(H2,19,20,21);1H. The third-order valence-corrected chi connectivity index (χ3v) is 3.62. The molecule has 0 aliphatic carbocycles. The average Bonchev–Trinajstić information content (AvgIpc) is 3.05. The van der Waals surface area contributed by atoms with E-state index >= 15 is 0 Å². The number of nitrogens with zero attached hydrogens (tertiary/aromatic N) is 3. The molecule has 0 saturated carbocycles. The highest BCUT2D eigenvalue weighted by atomic mass is 127. The van der Waals surface area contributed by atoms with E-state index in [4.69, 9.17) is 14.0 Å². The minimum absolute atomic E-state index is 0. The number of aliphatic imine (C=N–C) groups is 1. The predicted octanol–water partition coefficient (Wildman–Crippen LogP) is 2.58. The predicted molar refractivity (Wildman–Crippen MR) is 115 cm³/mol. The monoisotopic (exact) mass is 489 g/mol. The fourth-order valence-electron chi connectivity index (χ4n) is 2.30. The first-order chi connectivity index (χ1) is 12.6. The van der Waals surface area contributed by atoms with E-state index in [0.717, 1.165) is 23.3 Å². The first-order valence-electron chi connectivity index (χ1n) is 8.57. The van der Waals surface area contributed by atoms with Gasteiger partial charge in [-0.2, -0.15) is 4.98 Å². The van der Waals surface area contributed by atoms with Gasteiger partial charge in [-0.15, -0.1) is 24.0 Å². The van der Waals surface area contributed by atoms with E-state index < -0.39 is 0 Å². The van der Waals surface area contributed by atoms with Gasteiger partial charge in [0.15, 0.2) is 11.8 Å². The van der Waals surface area contributed by atoms with Gasteiger partial charge in [-0.05, 0) is 25.5 Å². The summed E-state index contributed by atoms with van der Waals surface area (Å²) in [6.45, 7) is 6.13. The Bertz CT molecular complexity index is 721. The summed E-state index contributed by atoms with van der Waals surface area (Å²) >= 11 is 0. The molecule has 0 aliphatic heterocycles. The van der Waals surface area contributed by atoms with Gasteiger partial charge in [-0.3, -0.25) is 4.99 Å². The molecule has 0 fully saturated rings. The lowest BCUT2D eigenvalue weighted by Gasteiger charge is -2.15. The smallest absolute Gasteiger partial charge is 0.246 e. The summed E-state index contributed by atoms with van der Waals surface area (Å²) in [6.07, 6.45) is 0.851. The summed E-state index contributed by atoms with van der Waals surface area (Å²) in [5, 5.41) is 10.2. The highest BCUT2D eigenvalue weighted by molar-refractivity contribution is 14.0. The summed E-state index contributed by atoms with van der Waals surface area (Å²) < 4.78 is 16.0. The molecule has 1 aromatic heterocycles. The molecule has 0 bridgehead atoms. The van der Waals surface area contributed by atoms with Crippen LogP contribution in [0.3, 0.4) is 0 Å². The van der Waals surface area contributed by atoms with E-state index in [1.54, 1.807) is 21.1 Å². The lowest BCUT2D eigenvalue weighted by atomic mass is 10.1. The molecule has 2 aromatic rings. The quantitative estimate of drug-likeness (QED) is 0.242. The Morgan fingerprint density at radius 3 is 2.63 bits per heavy atom. The Labute approximate surface area is 177 Å². The van der Waals surface area contributed by atoms with Gasteiger partial charge >= 0.3 is 0 Å². The number of aryl methyl sites for hydroxylation is 2. The number of nitrogens with one attached hydrogen (secondary N) is 2. The highest BCUT2D eigenvalue weighted by Crippen LogP contribution is 2.20. The zero-order chi connectivity index (χ0) is 18.8. The van der Waals surface area contributed by atoms with Gasteiger partial charge in [0, 0.05) is 39.3 Å². The second kappa shape index (κ2) is 12.5. The van der Waals surface area contributed by atoms with Crippen molar-refractivity contribution in [2.45, 2.75) is 33.4 Å². The maximum absolute atomic E-state index is 5.90. The molecule has 0 radical (unpaired) electrons. The summed E-state index contributed by atoms with van der Waals surface area (Å²) in [5.74, 6) is 2.64. The van der Waals surface area contributed by atoms with Crippen LogP contribution in [-0.4, -0.2) is 43.5 Å². The number of ether oxygens (including phenoxy) is 2. The SMILES string of the molecule is CN=C(NCc1nc(C)no1)NCc1ccc(C)cc1OCCCOC.I. The molecule has 9 heteroatoms. The molecule has 2 rings (SSSR count). The number of hydrogen-bond donors (Lipinski definition) is 2. The van der Waals surface area contributed by atoms with Crippen LogP contribution in [0.15, 0.2) is 27.7 Å². The topological polar surface area (TPSA) is 93.8 Å². The molecule has 0 saturated heterocycles. The molecule has 0 aliphatic rings. The van der Waals surface area contributed by atoms with Gasteiger partial charge < -0.3 is 24.6 Å². The van der Waals surface area contributed by atoms with Crippen LogP contribution in [0.1, 0.15) is 29.3 Å². The van der Waals surface area contributed by atoms with E-state index in [1.165, 1.54) is 0 Å². The zero-order valence-corrected chi connectivity index (χ0v) is 18.6. The van der Waals surface area contributed by atoms with Crippen LogP contribution in [0.2, 0.25) is 0 Å². The van der Waals surface area contributed by atoms with Gasteiger partial charge in [0.25, 0.3) is 0 Å². The lowest BCUT2D eigenvalue weighted by Crippen LogP contribution is -2.36. The molecule has 0 amide bonds. The first kappa shape index (κ1) is 23.2. The van der Waals surface area contributed by atoms with Gasteiger partial charge in [0.05, 0.1) is 13.2 Å². The zero-order valence-electron chi connectivity index (χ0n) is 16.2. The Balaban J connectivity index is 0.00000364. The molecule has 0 spiro atoms. The van der Waals surface area contributed by atoms with Crippen LogP contribution in [0.5, 0.6) is 5.75 Å². The third kappa shape index (κ3) is 8.12. The number of guanidine groups is 1. The number of halogens is 1. The molecule has 0 unspecified atom stereocenters. The second-order valence-corrected chi connectivity index (χ2v) is 5.82. The van der Waals surface area contributed by atoms with Crippen molar-refractivity contribution in [3.05, 3.63) is 41.0 Å². The van der Waals surface area contributed by atoms with Crippen molar-refractivity contribution in [3.8, 4) is 5.75 Å². The van der Waals surface area contributed by atoms with Crippen molar-refractivity contribution in [1.29, 1.82) is 0 Å². The van der Waals surface area contributed by atoms with Crippen molar-refractivity contribution in [2.24, 2.45) is 4.99 Å². The Morgan fingerprint density at radius 1 is 1.19 bits per heavy atom. The lowest BCUT2D eigenvalue weighted by molar-refractivity contribution is 0.171. The summed E-state index contributed by atoms with van der Waals surface area (Å²) in [4.78, 5) is 8.36. The maximum Gasteiger partial charge on any atom is 0.246 e. The Kier molecular flexibility index (Phi) is 10.7. The van der Waals surface area contributed by atoms with Crippen LogP contribution >= 0.6 is 24.0 Å².